The normalized spacial score (nSPS) is 10.5. The van der Waals surface area contributed by atoms with Gasteiger partial charge in [0.15, 0.2) is 21.3 Å². The molecule has 0 aliphatic heterocycles. The second kappa shape index (κ2) is 6.47. The van der Waals surface area contributed by atoms with Crippen molar-refractivity contribution in [3.8, 4) is 11.3 Å². The number of benzene rings is 1. The summed E-state index contributed by atoms with van der Waals surface area (Å²) in [6.07, 6.45) is 0. The van der Waals surface area contributed by atoms with Crippen molar-refractivity contribution in [1.82, 2.24) is 4.98 Å². The van der Waals surface area contributed by atoms with Gasteiger partial charge in [0.05, 0.1) is 10.6 Å². The molecular formula is C16H11BrN2O3S. The lowest BCUT2D eigenvalue weighted by Gasteiger charge is -1.98. The van der Waals surface area contributed by atoms with Gasteiger partial charge in [-0.25, -0.2) is 4.98 Å². The lowest BCUT2D eigenvalue weighted by atomic mass is 10.1. The van der Waals surface area contributed by atoms with Crippen LogP contribution in [0, 0.1) is 0 Å². The molecule has 1 N–H and O–H groups in total. The summed E-state index contributed by atoms with van der Waals surface area (Å²) in [5.74, 6) is -0.348. The summed E-state index contributed by atoms with van der Waals surface area (Å²) in [4.78, 5) is 28.8. The van der Waals surface area contributed by atoms with Gasteiger partial charge in [0.1, 0.15) is 0 Å². The number of carbonyl (C=O) groups excluding carboxylic acids is 2. The molecule has 0 unspecified atom stereocenters. The number of Topliss-reactive ketones (excluding diaryl/α,β-unsaturated/α-hetero) is 1. The Balaban J connectivity index is 1.92. The number of aromatic nitrogens is 1. The highest BCUT2D eigenvalue weighted by Crippen LogP contribution is 2.31. The molecule has 0 aliphatic carbocycles. The van der Waals surface area contributed by atoms with E-state index < -0.39 is 5.91 Å². The third kappa shape index (κ3) is 3.40. The van der Waals surface area contributed by atoms with E-state index in [1.165, 1.54) is 6.92 Å². The molecule has 5 nitrogen and oxygen atoms in total. The Morgan fingerprint density at radius 3 is 2.52 bits per heavy atom. The minimum atomic E-state index is -0.417. The molecule has 0 fully saturated rings. The number of ketones is 1. The van der Waals surface area contributed by atoms with Crippen molar-refractivity contribution in [2.75, 3.05) is 5.32 Å². The van der Waals surface area contributed by atoms with E-state index in [2.05, 4.69) is 26.2 Å². The first-order valence-corrected chi connectivity index (χ1v) is 8.29. The molecule has 23 heavy (non-hydrogen) atoms. The van der Waals surface area contributed by atoms with Gasteiger partial charge in [-0.05, 0) is 28.1 Å². The highest BCUT2D eigenvalue weighted by atomic mass is 79.9. The molecule has 0 saturated heterocycles. The van der Waals surface area contributed by atoms with Crippen LogP contribution >= 0.6 is 27.3 Å². The Morgan fingerprint density at radius 1 is 1.17 bits per heavy atom. The van der Waals surface area contributed by atoms with Crippen LogP contribution in [0.2, 0.25) is 0 Å². The zero-order chi connectivity index (χ0) is 16.4. The Kier molecular flexibility index (Phi) is 4.40. The molecule has 0 bridgehead atoms. The number of halogens is 1. The number of nitrogens with zero attached hydrogens (tertiary/aromatic N) is 1. The molecule has 3 aromatic rings. The Morgan fingerprint density at radius 2 is 1.91 bits per heavy atom. The van der Waals surface area contributed by atoms with Gasteiger partial charge >= 0.3 is 0 Å². The molecule has 2 aromatic heterocycles. The van der Waals surface area contributed by atoms with E-state index in [1.54, 1.807) is 12.1 Å². The maximum absolute atomic E-state index is 12.1. The fourth-order valence-electron chi connectivity index (χ4n) is 2.00. The third-order valence-electron chi connectivity index (χ3n) is 3.01. The SMILES string of the molecule is CC(=O)c1sc(NC(=O)c2ccc(Br)o2)nc1-c1ccccc1. The predicted octanol–water partition coefficient (Wildman–Crippen LogP) is 4.62. The lowest BCUT2D eigenvalue weighted by Crippen LogP contribution is -2.10. The number of furan rings is 1. The predicted molar refractivity (Wildman–Crippen MR) is 91.9 cm³/mol. The van der Waals surface area contributed by atoms with Gasteiger partial charge in [0.25, 0.3) is 5.91 Å². The summed E-state index contributed by atoms with van der Waals surface area (Å²) in [6, 6.07) is 12.6. The van der Waals surface area contributed by atoms with Crippen LogP contribution in [0.15, 0.2) is 51.6 Å². The fraction of sp³-hybridized carbons (Fsp3) is 0.0625. The molecule has 0 spiro atoms. The topological polar surface area (TPSA) is 72.2 Å². The molecular weight excluding hydrogens is 380 g/mol. The van der Waals surface area contributed by atoms with Crippen molar-refractivity contribution in [3.63, 3.8) is 0 Å². The van der Waals surface area contributed by atoms with Crippen molar-refractivity contribution in [2.24, 2.45) is 0 Å². The quantitative estimate of drug-likeness (QED) is 0.659. The zero-order valence-electron chi connectivity index (χ0n) is 12.0. The first kappa shape index (κ1) is 15.6. The molecule has 0 radical (unpaired) electrons. The Hall–Kier alpha value is -2.25. The lowest BCUT2D eigenvalue weighted by molar-refractivity contribution is 0.0993. The highest BCUT2D eigenvalue weighted by Gasteiger charge is 2.19. The van der Waals surface area contributed by atoms with Gasteiger partial charge < -0.3 is 4.42 Å². The summed E-state index contributed by atoms with van der Waals surface area (Å²) in [6.45, 7) is 1.48. The van der Waals surface area contributed by atoms with E-state index in [9.17, 15) is 9.59 Å². The summed E-state index contributed by atoms with van der Waals surface area (Å²) in [5.41, 5.74) is 1.40. The smallest absolute Gasteiger partial charge is 0.293 e. The zero-order valence-corrected chi connectivity index (χ0v) is 14.4. The van der Waals surface area contributed by atoms with Crippen molar-refractivity contribution in [3.05, 3.63) is 57.8 Å². The van der Waals surface area contributed by atoms with Crippen LogP contribution in [0.3, 0.4) is 0 Å². The molecule has 3 rings (SSSR count). The molecule has 0 atom stereocenters. The number of hydrogen-bond acceptors (Lipinski definition) is 5. The van der Waals surface area contributed by atoms with Crippen LogP contribution in [0.4, 0.5) is 5.13 Å². The molecule has 2 heterocycles. The van der Waals surface area contributed by atoms with E-state index in [4.69, 9.17) is 4.42 Å². The van der Waals surface area contributed by atoms with Crippen LogP contribution in [-0.2, 0) is 0 Å². The second-order valence-electron chi connectivity index (χ2n) is 4.68. The summed E-state index contributed by atoms with van der Waals surface area (Å²) < 4.78 is 5.67. The van der Waals surface area contributed by atoms with Gasteiger partial charge in [-0.15, -0.1) is 0 Å². The molecule has 0 saturated carbocycles. The molecule has 7 heteroatoms. The minimum absolute atomic E-state index is 0.0948. The first-order chi connectivity index (χ1) is 11.0. The van der Waals surface area contributed by atoms with Gasteiger partial charge in [-0.1, -0.05) is 41.7 Å². The average Bonchev–Trinajstić information content (AvgIpc) is 3.15. The summed E-state index contributed by atoms with van der Waals surface area (Å²) in [5, 5.41) is 3.01. The molecule has 1 amide bonds. The number of carbonyl (C=O) groups is 2. The maximum Gasteiger partial charge on any atom is 0.293 e. The number of thiazole rings is 1. The largest absolute Gasteiger partial charge is 0.444 e. The molecule has 116 valence electrons. The number of hydrogen-bond donors (Lipinski definition) is 1. The minimum Gasteiger partial charge on any atom is -0.444 e. The van der Waals surface area contributed by atoms with Crippen molar-refractivity contribution >= 4 is 44.1 Å². The van der Waals surface area contributed by atoms with Gasteiger partial charge in [-0.3, -0.25) is 14.9 Å². The van der Waals surface area contributed by atoms with Crippen molar-refractivity contribution < 1.29 is 14.0 Å². The van der Waals surface area contributed by atoms with Crippen LogP contribution in [0.25, 0.3) is 11.3 Å². The van der Waals surface area contributed by atoms with Crippen LogP contribution in [0.5, 0.6) is 0 Å². The van der Waals surface area contributed by atoms with Gasteiger partial charge in [0.2, 0.25) is 0 Å². The number of rotatable bonds is 4. The number of nitrogens with one attached hydrogen (secondary N) is 1. The molecule has 1 aromatic carbocycles. The monoisotopic (exact) mass is 390 g/mol. The van der Waals surface area contributed by atoms with Gasteiger partial charge in [0, 0.05) is 12.5 Å². The third-order valence-corrected chi connectivity index (χ3v) is 4.51. The first-order valence-electron chi connectivity index (χ1n) is 6.68. The van der Waals surface area contributed by atoms with E-state index in [1.807, 2.05) is 30.3 Å². The number of amides is 1. The van der Waals surface area contributed by atoms with Crippen molar-refractivity contribution in [1.29, 1.82) is 0 Å². The highest BCUT2D eigenvalue weighted by molar-refractivity contribution is 9.10. The van der Waals surface area contributed by atoms with Crippen LogP contribution in [-0.4, -0.2) is 16.7 Å². The summed E-state index contributed by atoms with van der Waals surface area (Å²) in [7, 11) is 0. The van der Waals surface area contributed by atoms with Crippen LogP contribution in [0.1, 0.15) is 27.2 Å². The second-order valence-corrected chi connectivity index (χ2v) is 6.46. The van der Waals surface area contributed by atoms with Crippen LogP contribution < -0.4 is 5.32 Å². The van der Waals surface area contributed by atoms with E-state index >= 15 is 0 Å². The Bertz CT molecular complexity index is 871. The van der Waals surface area contributed by atoms with Crippen molar-refractivity contribution in [2.45, 2.75) is 6.92 Å². The summed E-state index contributed by atoms with van der Waals surface area (Å²) >= 11 is 4.29. The Labute approximate surface area is 144 Å². The maximum atomic E-state index is 12.1. The standard InChI is InChI=1S/C16H11BrN2O3S/c1-9(20)14-13(10-5-3-2-4-6-10)18-16(23-14)19-15(21)11-7-8-12(17)22-11/h2-8H,1H3,(H,18,19,21). The molecule has 0 aliphatic rings. The van der Waals surface area contributed by atoms with E-state index in [-0.39, 0.29) is 11.5 Å². The fourth-order valence-corrected chi connectivity index (χ4v) is 3.18. The van der Waals surface area contributed by atoms with Gasteiger partial charge in [-0.2, -0.15) is 0 Å². The average molecular weight is 391 g/mol. The number of anilines is 1. The van der Waals surface area contributed by atoms with E-state index in [0.29, 0.717) is 20.4 Å². The van der Waals surface area contributed by atoms with E-state index in [0.717, 1.165) is 16.9 Å².